The number of rotatable bonds is 8. The van der Waals surface area contributed by atoms with Crippen molar-refractivity contribution < 1.29 is 19.4 Å². The average molecular weight is 245 g/mol. The molecule has 0 aromatic heterocycles. The van der Waals surface area contributed by atoms with E-state index in [0.717, 1.165) is 6.42 Å². The van der Waals surface area contributed by atoms with Crippen LogP contribution in [0.5, 0.6) is 0 Å². The molecular weight excluding hydrogens is 222 g/mol. The molecule has 0 radical (unpaired) electrons. The molecule has 2 atom stereocenters. The summed E-state index contributed by atoms with van der Waals surface area (Å²) in [4.78, 5) is 24.1. The number of carbonyl (C=O) groups excluding carboxylic acids is 1. The lowest BCUT2D eigenvalue weighted by molar-refractivity contribution is -0.146. The minimum Gasteiger partial charge on any atom is -0.480 e. The van der Waals surface area contributed by atoms with Crippen molar-refractivity contribution in [2.45, 2.75) is 39.7 Å². The van der Waals surface area contributed by atoms with Gasteiger partial charge in [0.05, 0.1) is 0 Å². The standard InChI is InChI=1S/C12H23NO4/c1-5-10(3)13(7-12(15)16)11(14)6-9(2)8-17-4/h9-10H,5-8H2,1-4H3,(H,15,16). The topological polar surface area (TPSA) is 66.8 Å². The van der Waals surface area contributed by atoms with Gasteiger partial charge in [0.25, 0.3) is 0 Å². The molecule has 0 saturated carbocycles. The Hall–Kier alpha value is -1.10. The normalized spacial score (nSPS) is 14.1. The van der Waals surface area contributed by atoms with E-state index in [1.54, 1.807) is 7.11 Å². The molecule has 17 heavy (non-hydrogen) atoms. The van der Waals surface area contributed by atoms with E-state index in [0.29, 0.717) is 13.0 Å². The van der Waals surface area contributed by atoms with Crippen LogP contribution in [-0.2, 0) is 14.3 Å². The van der Waals surface area contributed by atoms with E-state index in [2.05, 4.69) is 0 Å². The molecule has 100 valence electrons. The quantitative estimate of drug-likeness (QED) is 0.701. The summed E-state index contributed by atoms with van der Waals surface area (Å²) in [6.07, 6.45) is 1.07. The van der Waals surface area contributed by atoms with Crippen molar-refractivity contribution in [1.29, 1.82) is 0 Å². The third-order valence-corrected chi connectivity index (χ3v) is 2.72. The maximum absolute atomic E-state index is 12.0. The van der Waals surface area contributed by atoms with Gasteiger partial charge in [-0.3, -0.25) is 9.59 Å². The Labute approximate surface area is 103 Å². The minimum absolute atomic E-state index is 0.0478. The van der Waals surface area contributed by atoms with Gasteiger partial charge in [0, 0.05) is 26.2 Å². The molecular formula is C12H23NO4. The zero-order valence-corrected chi connectivity index (χ0v) is 11.1. The zero-order valence-electron chi connectivity index (χ0n) is 11.1. The third kappa shape index (κ3) is 6.26. The molecule has 1 N–H and O–H groups in total. The van der Waals surface area contributed by atoms with Crippen LogP contribution in [0.4, 0.5) is 0 Å². The van der Waals surface area contributed by atoms with Crippen molar-refractivity contribution in [3.05, 3.63) is 0 Å². The van der Waals surface area contributed by atoms with Gasteiger partial charge in [-0.2, -0.15) is 0 Å². The molecule has 0 bridgehead atoms. The molecule has 0 aliphatic heterocycles. The SMILES string of the molecule is CCC(C)N(CC(=O)O)C(=O)CC(C)COC. The lowest BCUT2D eigenvalue weighted by Crippen LogP contribution is -2.42. The number of ether oxygens (including phenoxy) is 1. The second-order valence-corrected chi connectivity index (χ2v) is 4.44. The molecule has 1 amide bonds. The van der Waals surface area contributed by atoms with Gasteiger partial charge < -0.3 is 14.7 Å². The first-order valence-corrected chi connectivity index (χ1v) is 5.92. The minimum atomic E-state index is -0.974. The summed E-state index contributed by atoms with van der Waals surface area (Å²) < 4.78 is 4.97. The maximum atomic E-state index is 12.0. The Kier molecular flexibility index (Phi) is 7.54. The van der Waals surface area contributed by atoms with Gasteiger partial charge >= 0.3 is 5.97 Å². The monoisotopic (exact) mass is 245 g/mol. The summed E-state index contributed by atoms with van der Waals surface area (Å²) in [5, 5.41) is 8.80. The van der Waals surface area contributed by atoms with E-state index in [-0.39, 0.29) is 24.4 Å². The summed E-state index contributed by atoms with van der Waals surface area (Å²) >= 11 is 0. The highest BCUT2D eigenvalue weighted by Gasteiger charge is 2.22. The van der Waals surface area contributed by atoms with Gasteiger partial charge in [0.2, 0.25) is 5.91 Å². The first kappa shape index (κ1) is 15.9. The van der Waals surface area contributed by atoms with Crippen molar-refractivity contribution in [2.75, 3.05) is 20.3 Å². The van der Waals surface area contributed by atoms with Gasteiger partial charge in [-0.25, -0.2) is 0 Å². The molecule has 0 aromatic carbocycles. The highest BCUT2D eigenvalue weighted by molar-refractivity contribution is 5.81. The Morgan fingerprint density at radius 3 is 2.35 bits per heavy atom. The van der Waals surface area contributed by atoms with Crippen LogP contribution in [0.1, 0.15) is 33.6 Å². The zero-order chi connectivity index (χ0) is 13.4. The predicted molar refractivity (Wildman–Crippen MR) is 64.8 cm³/mol. The number of methoxy groups -OCH3 is 1. The number of carboxylic acids is 1. The Balaban J connectivity index is 4.46. The number of amides is 1. The van der Waals surface area contributed by atoms with Gasteiger partial charge in [-0.05, 0) is 19.3 Å². The first-order chi connectivity index (χ1) is 7.92. The number of carbonyl (C=O) groups is 2. The molecule has 0 rings (SSSR count). The molecule has 0 saturated heterocycles. The first-order valence-electron chi connectivity index (χ1n) is 5.92. The Morgan fingerprint density at radius 1 is 1.35 bits per heavy atom. The molecule has 5 nitrogen and oxygen atoms in total. The van der Waals surface area contributed by atoms with Crippen LogP contribution in [0, 0.1) is 5.92 Å². The summed E-state index contributed by atoms with van der Waals surface area (Å²) in [5.41, 5.74) is 0. The van der Waals surface area contributed by atoms with E-state index >= 15 is 0 Å². The molecule has 0 aromatic rings. The van der Waals surface area contributed by atoms with Crippen LogP contribution in [0.15, 0.2) is 0 Å². The van der Waals surface area contributed by atoms with Gasteiger partial charge in [-0.15, -0.1) is 0 Å². The highest BCUT2D eigenvalue weighted by atomic mass is 16.5. The van der Waals surface area contributed by atoms with E-state index in [1.807, 2.05) is 20.8 Å². The lowest BCUT2D eigenvalue weighted by atomic mass is 10.1. The number of hydrogen-bond acceptors (Lipinski definition) is 3. The van der Waals surface area contributed by atoms with Crippen molar-refractivity contribution in [1.82, 2.24) is 4.90 Å². The van der Waals surface area contributed by atoms with Crippen LogP contribution in [-0.4, -0.2) is 48.2 Å². The van der Waals surface area contributed by atoms with E-state index in [1.165, 1.54) is 4.90 Å². The second-order valence-electron chi connectivity index (χ2n) is 4.44. The Bertz CT molecular complexity index is 255. The Morgan fingerprint density at radius 2 is 1.94 bits per heavy atom. The van der Waals surface area contributed by atoms with Crippen molar-refractivity contribution in [2.24, 2.45) is 5.92 Å². The summed E-state index contributed by atoms with van der Waals surface area (Å²) in [7, 11) is 1.59. The molecule has 0 fully saturated rings. The molecule has 0 heterocycles. The second kappa shape index (κ2) is 8.06. The summed E-state index contributed by atoms with van der Waals surface area (Å²) in [6, 6.07) is -0.0478. The fourth-order valence-electron chi connectivity index (χ4n) is 1.61. The van der Waals surface area contributed by atoms with Gasteiger partial charge in [0.1, 0.15) is 6.54 Å². The summed E-state index contributed by atoms with van der Waals surface area (Å²) in [5.74, 6) is -0.989. The van der Waals surface area contributed by atoms with Crippen molar-refractivity contribution in [3.8, 4) is 0 Å². The van der Waals surface area contributed by atoms with Gasteiger partial charge in [-0.1, -0.05) is 13.8 Å². The maximum Gasteiger partial charge on any atom is 0.323 e. The highest BCUT2D eigenvalue weighted by Crippen LogP contribution is 2.10. The fraction of sp³-hybridized carbons (Fsp3) is 0.833. The molecule has 5 heteroatoms. The van der Waals surface area contributed by atoms with Crippen LogP contribution >= 0.6 is 0 Å². The number of hydrogen-bond donors (Lipinski definition) is 1. The number of aliphatic carboxylic acids is 1. The number of carboxylic acid groups (broad SMARTS) is 1. The van der Waals surface area contributed by atoms with Crippen LogP contribution in [0.3, 0.4) is 0 Å². The average Bonchev–Trinajstić information content (AvgIpc) is 2.24. The van der Waals surface area contributed by atoms with Crippen molar-refractivity contribution >= 4 is 11.9 Å². The van der Waals surface area contributed by atoms with Gasteiger partial charge in [0.15, 0.2) is 0 Å². The summed E-state index contributed by atoms with van der Waals surface area (Å²) in [6.45, 7) is 5.99. The van der Waals surface area contributed by atoms with Crippen molar-refractivity contribution in [3.63, 3.8) is 0 Å². The predicted octanol–water partition coefficient (Wildman–Crippen LogP) is 1.37. The fourth-order valence-corrected chi connectivity index (χ4v) is 1.61. The lowest BCUT2D eigenvalue weighted by Gasteiger charge is -2.28. The van der Waals surface area contributed by atoms with E-state index in [9.17, 15) is 9.59 Å². The molecule has 0 aliphatic carbocycles. The number of nitrogens with zero attached hydrogens (tertiary/aromatic N) is 1. The molecule has 0 spiro atoms. The molecule has 2 unspecified atom stereocenters. The van der Waals surface area contributed by atoms with Crippen LogP contribution < -0.4 is 0 Å². The smallest absolute Gasteiger partial charge is 0.323 e. The van der Waals surface area contributed by atoms with E-state index < -0.39 is 5.97 Å². The third-order valence-electron chi connectivity index (χ3n) is 2.72. The van der Waals surface area contributed by atoms with Crippen LogP contribution in [0.2, 0.25) is 0 Å². The van der Waals surface area contributed by atoms with E-state index in [4.69, 9.17) is 9.84 Å². The molecule has 0 aliphatic rings. The van der Waals surface area contributed by atoms with Crippen LogP contribution in [0.25, 0.3) is 0 Å². The largest absolute Gasteiger partial charge is 0.480 e.